The van der Waals surface area contributed by atoms with Crippen molar-refractivity contribution in [3.8, 4) is 0 Å². The molecule has 0 radical (unpaired) electrons. The van der Waals surface area contributed by atoms with E-state index in [9.17, 15) is 4.79 Å². The summed E-state index contributed by atoms with van der Waals surface area (Å²) in [5.41, 5.74) is 0.848. The maximum atomic E-state index is 11.9. The van der Waals surface area contributed by atoms with E-state index in [1.54, 1.807) is 0 Å². The van der Waals surface area contributed by atoms with Gasteiger partial charge in [0, 0.05) is 0 Å². The van der Waals surface area contributed by atoms with Gasteiger partial charge >= 0.3 is 106 Å². The second kappa shape index (κ2) is 6.03. The van der Waals surface area contributed by atoms with E-state index in [4.69, 9.17) is 0 Å². The van der Waals surface area contributed by atoms with Gasteiger partial charge in [-0.25, -0.2) is 0 Å². The summed E-state index contributed by atoms with van der Waals surface area (Å²) >= 11 is 0.372. The van der Waals surface area contributed by atoms with Gasteiger partial charge in [-0.15, -0.1) is 0 Å². The van der Waals surface area contributed by atoms with Gasteiger partial charge in [0.05, 0.1) is 0 Å². The Balaban J connectivity index is 1.95. The first-order valence-electron chi connectivity index (χ1n) is 4.85. The summed E-state index contributed by atoms with van der Waals surface area (Å²) in [5.74, 6) is 0. The zero-order valence-corrected chi connectivity index (χ0v) is 11.9. The Bertz CT molecular complexity index is 454. The van der Waals surface area contributed by atoms with Crippen molar-refractivity contribution in [2.75, 3.05) is 0 Å². The molecule has 16 heavy (non-hydrogen) atoms. The van der Waals surface area contributed by atoms with E-state index >= 15 is 0 Å². The van der Waals surface area contributed by atoms with Crippen molar-refractivity contribution in [1.29, 1.82) is 0 Å². The quantitative estimate of drug-likeness (QED) is 0.771. The molecule has 0 spiro atoms. The Morgan fingerprint density at radius 3 is 2.00 bits per heavy atom. The molecule has 2 aromatic rings. The standard InChI is InChI=1S/C13H10OSe2/c14-13(11-7-3-1-4-8-11)16-15-12-9-5-2-6-10-12/h1-10H. The molecule has 0 heterocycles. The van der Waals surface area contributed by atoms with E-state index in [0.29, 0.717) is 17.8 Å². The summed E-state index contributed by atoms with van der Waals surface area (Å²) in [6.45, 7) is 0. The minimum absolute atomic E-state index is 0.0652. The zero-order chi connectivity index (χ0) is 11.2. The average molecular weight is 340 g/mol. The SMILES string of the molecule is O=C([Se][Se]c1ccccc1)c1ccccc1. The number of hydrogen-bond donors (Lipinski definition) is 0. The molecule has 0 amide bonds. The second-order valence-corrected chi connectivity index (χ2v) is 9.23. The number of rotatable bonds is 4. The Morgan fingerprint density at radius 1 is 0.812 bits per heavy atom. The summed E-state index contributed by atoms with van der Waals surface area (Å²) < 4.78 is 1.61. The molecular formula is C13H10OSe2. The molecule has 0 fully saturated rings. The number of hydrogen-bond acceptors (Lipinski definition) is 1. The zero-order valence-electron chi connectivity index (χ0n) is 8.50. The van der Waals surface area contributed by atoms with Crippen LogP contribution in [0.5, 0.6) is 0 Å². The second-order valence-electron chi connectivity index (χ2n) is 3.13. The van der Waals surface area contributed by atoms with Gasteiger partial charge < -0.3 is 0 Å². The van der Waals surface area contributed by atoms with E-state index in [1.807, 2.05) is 48.5 Å². The monoisotopic (exact) mass is 342 g/mol. The molecule has 2 aromatic carbocycles. The number of carbonyl (C=O) groups excluding carboxylic acids is 1. The first kappa shape index (κ1) is 11.6. The van der Waals surface area contributed by atoms with Crippen LogP contribution in [0.25, 0.3) is 0 Å². The molecule has 3 heteroatoms. The summed E-state index contributed by atoms with van der Waals surface area (Å²) in [7, 11) is 0. The van der Waals surface area contributed by atoms with Crippen molar-refractivity contribution in [3.63, 3.8) is 0 Å². The molecule has 0 aliphatic rings. The molecule has 0 atom stereocenters. The van der Waals surface area contributed by atoms with E-state index < -0.39 is 0 Å². The van der Waals surface area contributed by atoms with Crippen LogP contribution in [0.2, 0.25) is 0 Å². The van der Waals surface area contributed by atoms with E-state index in [2.05, 4.69) is 12.1 Å². The predicted molar refractivity (Wildman–Crippen MR) is 68.4 cm³/mol. The first-order valence-corrected chi connectivity index (χ1v) is 10.9. The molecule has 0 aliphatic heterocycles. The van der Waals surface area contributed by atoms with Gasteiger partial charge in [0.2, 0.25) is 0 Å². The molecule has 0 unspecified atom stereocenters. The Hall–Kier alpha value is -0.851. The molecule has 0 N–H and O–H groups in total. The molecule has 0 aliphatic carbocycles. The van der Waals surface area contributed by atoms with Crippen LogP contribution in [0.4, 0.5) is 0 Å². The van der Waals surface area contributed by atoms with E-state index in [-0.39, 0.29) is 13.1 Å². The maximum absolute atomic E-state index is 11.9. The average Bonchev–Trinajstić information content (AvgIpc) is 2.38. The van der Waals surface area contributed by atoms with Crippen molar-refractivity contribution in [3.05, 3.63) is 66.2 Å². The minimum atomic E-state index is 0.0652. The van der Waals surface area contributed by atoms with Crippen molar-refractivity contribution in [2.45, 2.75) is 0 Å². The normalized spacial score (nSPS) is 10.0. The Kier molecular flexibility index (Phi) is 4.38. The third-order valence-corrected chi connectivity index (χ3v) is 8.58. The van der Waals surface area contributed by atoms with Gasteiger partial charge in [0.1, 0.15) is 0 Å². The number of benzene rings is 2. The van der Waals surface area contributed by atoms with Crippen LogP contribution in [-0.4, -0.2) is 30.9 Å². The Labute approximate surface area is 106 Å². The van der Waals surface area contributed by atoms with Gasteiger partial charge in [-0.2, -0.15) is 0 Å². The molecule has 0 saturated heterocycles. The molecular weight excluding hydrogens is 330 g/mol. The fraction of sp³-hybridized carbons (Fsp3) is 0. The van der Waals surface area contributed by atoms with Crippen LogP contribution in [0.15, 0.2) is 60.7 Å². The first-order chi connectivity index (χ1) is 7.86. The van der Waals surface area contributed by atoms with Gasteiger partial charge in [0.25, 0.3) is 0 Å². The van der Waals surface area contributed by atoms with Gasteiger partial charge in [-0.05, 0) is 0 Å². The summed E-state index contributed by atoms with van der Waals surface area (Å²) in [4.78, 5) is 11.9. The van der Waals surface area contributed by atoms with Crippen molar-refractivity contribution in [2.24, 2.45) is 0 Å². The van der Waals surface area contributed by atoms with Crippen LogP contribution < -0.4 is 4.46 Å². The van der Waals surface area contributed by atoms with E-state index in [0.717, 1.165) is 5.56 Å². The van der Waals surface area contributed by atoms with Crippen LogP contribution >= 0.6 is 0 Å². The Morgan fingerprint density at radius 2 is 1.38 bits per heavy atom. The van der Waals surface area contributed by atoms with Crippen molar-refractivity contribution in [1.82, 2.24) is 0 Å². The molecule has 0 saturated carbocycles. The summed E-state index contributed by atoms with van der Waals surface area (Å²) in [6.07, 6.45) is 0. The third kappa shape index (κ3) is 3.33. The fourth-order valence-electron chi connectivity index (χ4n) is 1.18. The van der Waals surface area contributed by atoms with Crippen LogP contribution in [0.3, 0.4) is 0 Å². The molecule has 2 rings (SSSR count). The fourth-order valence-corrected chi connectivity index (χ4v) is 6.73. The van der Waals surface area contributed by atoms with Crippen LogP contribution in [-0.2, 0) is 0 Å². The topological polar surface area (TPSA) is 17.1 Å². The van der Waals surface area contributed by atoms with Crippen molar-refractivity contribution >= 4 is 35.4 Å². The van der Waals surface area contributed by atoms with Gasteiger partial charge in [-0.3, -0.25) is 0 Å². The predicted octanol–water partition coefficient (Wildman–Crippen LogP) is 1.48. The van der Waals surface area contributed by atoms with Crippen LogP contribution in [0.1, 0.15) is 10.4 Å². The van der Waals surface area contributed by atoms with Gasteiger partial charge in [-0.1, -0.05) is 0 Å². The van der Waals surface area contributed by atoms with Crippen LogP contribution in [0, 0.1) is 0 Å². The molecule has 1 nitrogen and oxygen atoms in total. The summed E-state index contributed by atoms with van der Waals surface area (Å²) in [6, 6.07) is 19.8. The van der Waals surface area contributed by atoms with Gasteiger partial charge in [0.15, 0.2) is 0 Å². The number of carbonyl (C=O) groups is 1. The molecule has 80 valence electrons. The summed E-state index contributed by atoms with van der Waals surface area (Å²) in [5, 5.41) is 0. The third-order valence-electron chi connectivity index (χ3n) is 1.97. The van der Waals surface area contributed by atoms with Crippen molar-refractivity contribution < 1.29 is 4.79 Å². The molecule has 0 aromatic heterocycles. The van der Waals surface area contributed by atoms with E-state index in [1.165, 1.54) is 4.46 Å². The molecule has 0 bridgehead atoms.